The Morgan fingerprint density at radius 2 is 1.75 bits per heavy atom. The van der Waals surface area contributed by atoms with Crippen LogP contribution in [0.3, 0.4) is 0 Å². The predicted octanol–water partition coefficient (Wildman–Crippen LogP) is 1.90. The molecule has 0 spiro atoms. The zero-order chi connectivity index (χ0) is 12.1. The van der Waals surface area contributed by atoms with Crippen LogP contribution >= 0.6 is 11.6 Å². The van der Waals surface area contributed by atoms with Gasteiger partial charge in [-0.15, -0.1) is 0 Å². The molecule has 0 aliphatic carbocycles. The first kappa shape index (κ1) is 12.9. The summed E-state index contributed by atoms with van der Waals surface area (Å²) < 4.78 is 15.5. The Kier molecular flexibility index (Phi) is 4.71. The minimum absolute atomic E-state index is 0.00837. The molecule has 90 valence electrons. The Hall–Kier alpha value is -1.13. The van der Waals surface area contributed by atoms with Crippen molar-refractivity contribution >= 4 is 11.6 Å². The summed E-state index contributed by atoms with van der Waals surface area (Å²) in [5, 5.41) is 9.38. The summed E-state index contributed by atoms with van der Waals surface area (Å²) in [4.78, 5) is 0. The molecule has 0 atom stereocenters. The highest BCUT2D eigenvalue weighted by Gasteiger charge is 2.18. The fourth-order valence-corrected chi connectivity index (χ4v) is 1.85. The van der Waals surface area contributed by atoms with Crippen molar-refractivity contribution in [3.63, 3.8) is 0 Å². The molecule has 0 aromatic heterocycles. The van der Waals surface area contributed by atoms with Gasteiger partial charge in [0.25, 0.3) is 0 Å². The lowest BCUT2D eigenvalue weighted by atomic mass is 10.1. The molecular formula is C11H15ClO4. The molecule has 0 saturated carbocycles. The van der Waals surface area contributed by atoms with Gasteiger partial charge in [-0.3, -0.25) is 0 Å². The van der Waals surface area contributed by atoms with Crippen LogP contribution in [0.2, 0.25) is 5.02 Å². The first-order valence-electron chi connectivity index (χ1n) is 4.77. The molecule has 0 unspecified atom stereocenters. The standard InChI is InChI=1S/C11H15ClO4/c1-14-8-6-9(15-2)11(16-3)10(12)7(8)4-5-13/h6,13H,4-5H2,1-3H3. The Bertz CT molecular complexity index is 365. The van der Waals surface area contributed by atoms with Gasteiger partial charge in [-0.25, -0.2) is 0 Å². The van der Waals surface area contributed by atoms with Gasteiger partial charge in [-0.1, -0.05) is 11.6 Å². The normalized spacial score (nSPS) is 10.1. The van der Waals surface area contributed by atoms with E-state index in [2.05, 4.69) is 0 Å². The minimum Gasteiger partial charge on any atom is -0.496 e. The van der Waals surface area contributed by atoms with Crippen LogP contribution in [0.4, 0.5) is 0 Å². The lowest BCUT2D eigenvalue weighted by Gasteiger charge is -2.16. The third kappa shape index (κ3) is 2.33. The molecule has 0 amide bonds. The van der Waals surface area contributed by atoms with Gasteiger partial charge < -0.3 is 19.3 Å². The van der Waals surface area contributed by atoms with Gasteiger partial charge in [0.2, 0.25) is 0 Å². The van der Waals surface area contributed by atoms with E-state index in [1.807, 2.05) is 0 Å². The zero-order valence-electron chi connectivity index (χ0n) is 9.54. The van der Waals surface area contributed by atoms with E-state index in [1.165, 1.54) is 14.2 Å². The summed E-state index contributed by atoms with van der Waals surface area (Å²) >= 11 is 6.16. The third-order valence-electron chi connectivity index (χ3n) is 2.25. The summed E-state index contributed by atoms with van der Waals surface area (Å²) in [6.45, 7) is -0.00837. The highest BCUT2D eigenvalue weighted by atomic mass is 35.5. The molecule has 0 bridgehead atoms. The molecular weight excluding hydrogens is 232 g/mol. The molecule has 4 nitrogen and oxygen atoms in total. The largest absolute Gasteiger partial charge is 0.496 e. The third-order valence-corrected chi connectivity index (χ3v) is 2.65. The molecule has 1 N–H and O–H groups in total. The van der Waals surface area contributed by atoms with Crippen LogP contribution in [0.1, 0.15) is 5.56 Å². The van der Waals surface area contributed by atoms with E-state index in [9.17, 15) is 0 Å². The number of aliphatic hydroxyl groups excluding tert-OH is 1. The lowest BCUT2D eigenvalue weighted by Crippen LogP contribution is -2.01. The summed E-state index contributed by atoms with van der Waals surface area (Å²) in [7, 11) is 4.58. The van der Waals surface area contributed by atoms with E-state index >= 15 is 0 Å². The van der Waals surface area contributed by atoms with Crippen molar-refractivity contribution in [3.05, 3.63) is 16.7 Å². The lowest BCUT2D eigenvalue weighted by molar-refractivity contribution is 0.295. The predicted molar refractivity (Wildman–Crippen MR) is 61.9 cm³/mol. The molecule has 0 heterocycles. The van der Waals surface area contributed by atoms with E-state index in [1.54, 1.807) is 13.2 Å². The zero-order valence-corrected chi connectivity index (χ0v) is 10.3. The molecule has 0 radical (unpaired) electrons. The Labute approximate surface area is 99.7 Å². The number of hydrogen-bond donors (Lipinski definition) is 1. The number of halogens is 1. The van der Waals surface area contributed by atoms with Crippen LogP contribution in [0, 0.1) is 0 Å². The van der Waals surface area contributed by atoms with Crippen molar-refractivity contribution in [3.8, 4) is 17.2 Å². The maximum Gasteiger partial charge on any atom is 0.179 e. The first-order chi connectivity index (χ1) is 7.69. The topological polar surface area (TPSA) is 47.9 Å². The van der Waals surface area contributed by atoms with Crippen molar-refractivity contribution in [1.29, 1.82) is 0 Å². The molecule has 5 heteroatoms. The van der Waals surface area contributed by atoms with E-state index in [4.69, 9.17) is 30.9 Å². The Balaban J connectivity index is 3.36. The Morgan fingerprint density at radius 1 is 1.12 bits per heavy atom. The second kappa shape index (κ2) is 5.82. The smallest absolute Gasteiger partial charge is 0.179 e. The monoisotopic (exact) mass is 246 g/mol. The molecule has 1 aromatic rings. The van der Waals surface area contributed by atoms with Gasteiger partial charge in [0.1, 0.15) is 5.75 Å². The number of ether oxygens (including phenoxy) is 3. The second-order valence-corrected chi connectivity index (χ2v) is 3.46. The SMILES string of the molecule is COc1cc(OC)c(OC)c(Cl)c1CCO. The van der Waals surface area contributed by atoms with Crippen LogP contribution in [-0.2, 0) is 6.42 Å². The molecule has 0 saturated heterocycles. The van der Waals surface area contributed by atoms with Crippen molar-refractivity contribution in [2.75, 3.05) is 27.9 Å². The van der Waals surface area contributed by atoms with Gasteiger partial charge in [-0.2, -0.15) is 0 Å². The van der Waals surface area contributed by atoms with E-state index in [0.29, 0.717) is 34.3 Å². The highest BCUT2D eigenvalue weighted by Crippen LogP contribution is 2.42. The second-order valence-electron chi connectivity index (χ2n) is 3.08. The number of hydrogen-bond acceptors (Lipinski definition) is 4. The average Bonchev–Trinajstić information content (AvgIpc) is 2.31. The van der Waals surface area contributed by atoms with Crippen molar-refractivity contribution < 1.29 is 19.3 Å². The minimum atomic E-state index is -0.00837. The molecule has 0 aliphatic rings. The van der Waals surface area contributed by atoms with Gasteiger partial charge in [-0.05, 0) is 0 Å². The molecule has 0 aliphatic heterocycles. The number of methoxy groups -OCH3 is 3. The van der Waals surface area contributed by atoms with Crippen LogP contribution in [0.25, 0.3) is 0 Å². The fourth-order valence-electron chi connectivity index (χ4n) is 1.49. The Morgan fingerprint density at radius 3 is 2.19 bits per heavy atom. The number of aliphatic hydroxyl groups is 1. The van der Waals surface area contributed by atoms with Gasteiger partial charge in [0.05, 0.1) is 26.4 Å². The van der Waals surface area contributed by atoms with Crippen molar-refractivity contribution in [2.24, 2.45) is 0 Å². The maximum atomic E-state index is 8.97. The summed E-state index contributed by atoms with van der Waals surface area (Å²) in [5.74, 6) is 1.54. The highest BCUT2D eigenvalue weighted by molar-refractivity contribution is 6.33. The fraction of sp³-hybridized carbons (Fsp3) is 0.455. The van der Waals surface area contributed by atoms with Crippen LogP contribution < -0.4 is 14.2 Å². The van der Waals surface area contributed by atoms with Crippen LogP contribution in [-0.4, -0.2) is 33.0 Å². The quantitative estimate of drug-likeness (QED) is 0.862. The van der Waals surface area contributed by atoms with Crippen molar-refractivity contribution in [1.82, 2.24) is 0 Å². The average molecular weight is 247 g/mol. The summed E-state index contributed by atoms with van der Waals surface area (Å²) in [5.41, 5.74) is 0.712. The van der Waals surface area contributed by atoms with Crippen molar-refractivity contribution in [2.45, 2.75) is 6.42 Å². The number of benzene rings is 1. The van der Waals surface area contributed by atoms with Crippen LogP contribution in [0.5, 0.6) is 17.2 Å². The van der Waals surface area contributed by atoms with Gasteiger partial charge in [0, 0.05) is 24.7 Å². The summed E-state index contributed by atoms with van der Waals surface area (Å²) in [6.07, 6.45) is 0.405. The molecule has 16 heavy (non-hydrogen) atoms. The number of rotatable bonds is 5. The van der Waals surface area contributed by atoms with Gasteiger partial charge >= 0.3 is 0 Å². The van der Waals surface area contributed by atoms with E-state index < -0.39 is 0 Å². The maximum absolute atomic E-state index is 8.97. The molecule has 1 rings (SSSR count). The summed E-state index contributed by atoms with van der Waals surface area (Å²) in [6, 6.07) is 1.69. The van der Waals surface area contributed by atoms with Crippen LogP contribution in [0.15, 0.2) is 6.07 Å². The first-order valence-corrected chi connectivity index (χ1v) is 5.15. The van der Waals surface area contributed by atoms with E-state index in [0.717, 1.165) is 0 Å². The van der Waals surface area contributed by atoms with E-state index in [-0.39, 0.29) is 6.61 Å². The molecule has 1 aromatic carbocycles. The van der Waals surface area contributed by atoms with Gasteiger partial charge in [0.15, 0.2) is 11.5 Å². The molecule has 0 fully saturated rings.